The largest absolute Gasteiger partial charge is 0.493 e. The zero-order chi connectivity index (χ0) is 25.9. The van der Waals surface area contributed by atoms with Gasteiger partial charge < -0.3 is 29.3 Å². The molecule has 4 heterocycles. The van der Waals surface area contributed by atoms with E-state index < -0.39 is 0 Å². The molecule has 1 aliphatic rings. The Morgan fingerprint density at radius 1 is 0.946 bits per heavy atom. The van der Waals surface area contributed by atoms with Crippen LogP contribution in [0.25, 0.3) is 10.2 Å². The van der Waals surface area contributed by atoms with Crippen LogP contribution >= 0.6 is 11.3 Å². The second kappa shape index (κ2) is 10.5. The van der Waals surface area contributed by atoms with Gasteiger partial charge in [0.05, 0.1) is 31.6 Å². The summed E-state index contributed by atoms with van der Waals surface area (Å²) in [6, 6.07) is 9.36. The molecule has 5 rings (SSSR count). The van der Waals surface area contributed by atoms with Crippen molar-refractivity contribution >= 4 is 44.8 Å². The third-order valence-corrected chi connectivity index (χ3v) is 7.59. The monoisotopic (exact) mass is 520 g/mol. The number of carbonyl (C=O) groups excluding carboxylic acids is 1. The minimum atomic E-state index is -0.235. The number of nitrogens with one attached hydrogen (secondary N) is 1. The highest BCUT2D eigenvalue weighted by Gasteiger charge is 2.25. The number of hydrogen-bond donors (Lipinski definition) is 1. The predicted molar refractivity (Wildman–Crippen MR) is 145 cm³/mol. The molecule has 3 aromatic heterocycles. The van der Waals surface area contributed by atoms with Crippen LogP contribution in [0.4, 0.5) is 17.3 Å². The molecule has 1 aromatic carbocycles. The van der Waals surface area contributed by atoms with Crippen LogP contribution in [0, 0.1) is 6.92 Å². The molecule has 1 fully saturated rings. The molecule has 0 saturated carbocycles. The Balaban J connectivity index is 1.40. The zero-order valence-electron chi connectivity index (χ0n) is 21.1. The highest BCUT2D eigenvalue weighted by molar-refractivity contribution is 7.20. The van der Waals surface area contributed by atoms with Gasteiger partial charge in [-0.1, -0.05) is 6.07 Å². The Bertz CT molecular complexity index is 1390. The Morgan fingerprint density at radius 2 is 1.65 bits per heavy atom. The fourth-order valence-electron chi connectivity index (χ4n) is 4.54. The summed E-state index contributed by atoms with van der Waals surface area (Å²) < 4.78 is 16.2. The van der Waals surface area contributed by atoms with Gasteiger partial charge in [0.1, 0.15) is 22.8 Å². The number of carbonyl (C=O) groups is 1. The van der Waals surface area contributed by atoms with E-state index in [4.69, 9.17) is 14.2 Å². The Kier molecular flexibility index (Phi) is 6.95. The SMILES string of the molecule is COc1cc(NC(=O)c2sc3ncnc(N4CCN(c5ccccn5)CC4)c3c2C)cc(OC)c1OC. The van der Waals surface area contributed by atoms with E-state index in [1.54, 1.807) is 18.5 Å². The number of rotatable bonds is 7. The molecule has 0 spiro atoms. The minimum Gasteiger partial charge on any atom is -0.493 e. The van der Waals surface area contributed by atoms with E-state index in [0.717, 1.165) is 53.6 Å². The number of aromatic nitrogens is 3. The van der Waals surface area contributed by atoms with Gasteiger partial charge in [-0.2, -0.15) is 0 Å². The highest BCUT2D eigenvalue weighted by atomic mass is 32.1. The molecule has 1 N–H and O–H groups in total. The van der Waals surface area contributed by atoms with Crippen LogP contribution in [0.15, 0.2) is 42.9 Å². The summed E-state index contributed by atoms with van der Waals surface area (Å²) in [5, 5.41) is 3.88. The number of fused-ring (bicyclic) bond motifs is 1. The van der Waals surface area contributed by atoms with E-state index in [1.807, 2.05) is 31.3 Å². The number of methoxy groups -OCH3 is 3. The molecule has 0 atom stereocenters. The average molecular weight is 521 g/mol. The predicted octanol–water partition coefficient (Wildman–Crippen LogP) is 4.00. The molecule has 192 valence electrons. The molecule has 4 aromatic rings. The van der Waals surface area contributed by atoms with Crippen LogP contribution in [0.3, 0.4) is 0 Å². The van der Waals surface area contributed by atoms with E-state index in [0.29, 0.717) is 27.8 Å². The Labute approximate surface area is 218 Å². The first-order chi connectivity index (χ1) is 18.0. The Morgan fingerprint density at radius 3 is 2.27 bits per heavy atom. The molecule has 10 nitrogen and oxygen atoms in total. The standard InChI is InChI=1S/C26H28N6O4S/c1-16-21-24(32-11-9-31(10-12-32)20-7-5-6-8-27-20)28-15-29-26(21)37-23(16)25(33)30-17-13-18(34-2)22(36-4)19(14-17)35-3/h5-8,13-15H,9-12H2,1-4H3,(H,30,33). The number of pyridine rings is 1. The molecular weight excluding hydrogens is 492 g/mol. The number of thiophene rings is 1. The minimum absolute atomic E-state index is 0.235. The van der Waals surface area contributed by atoms with Gasteiger partial charge in [-0.3, -0.25) is 4.79 Å². The van der Waals surface area contributed by atoms with Gasteiger partial charge in [0.2, 0.25) is 5.75 Å². The first kappa shape index (κ1) is 24.6. The lowest BCUT2D eigenvalue weighted by Gasteiger charge is -2.36. The second-order valence-electron chi connectivity index (χ2n) is 8.46. The van der Waals surface area contributed by atoms with Crippen molar-refractivity contribution < 1.29 is 19.0 Å². The van der Waals surface area contributed by atoms with E-state index in [9.17, 15) is 4.79 Å². The van der Waals surface area contributed by atoms with Crippen molar-refractivity contribution in [2.45, 2.75) is 6.92 Å². The fourth-order valence-corrected chi connectivity index (χ4v) is 5.58. The van der Waals surface area contributed by atoms with Gasteiger partial charge in [-0.25, -0.2) is 15.0 Å². The molecule has 37 heavy (non-hydrogen) atoms. The molecule has 0 bridgehead atoms. The number of nitrogens with zero attached hydrogens (tertiary/aromatic N) is 5. The topological polar surface area (TPSA) is 102 Å². The van der Waals surface area contributed by atoms with Crippen LogP contribution in [0.1, 0.15) is 15.2 Å². The van der Waals surface area contributed by atoms with Crippen molar-refractivity contribution in [1.82, 2.24) is 15.0 Å². The van der Waals surface area contributed by atoms with Crippen LogP contribution in [-0.2, 0) is 0 Å². The van der Waals surface area contributed by atoms with Crippen LogP contribution in [0.5, 0.6) is 17.2 Å². The summed E-state index contributed by atoms with van der Waals surface area (Å²) in [5.41, 5.74) is 1.39. The molecule has 0 aliphatic carbocycles. The lowest BCUT2D eigenvalue weighted by molar-refractivity contribution is 0.103. The molecule has 1 saturated heterocycles. The summed E-state index contributed by atoms with van der Waals surface area (Å²) >= 11 is 1.36. The maximum Gasteiger partial charge on any atom is 0.266 e. The van der Waals surface area contributed by atoms with Gasteiger partial charge in [0, 0.05) is 50.2 Å². The highest BCUT2D eigenvalue weighted by Crippen LogP contribution is 2.41. The van der Waals surface area contributed by atoms with Gasteiger partial charge >= 0.3 is 0 Å². The van der Waals surface area contributed by atoms with Gasteiger partial charge in [-0.05, 0) is 24.6 Å². The molecular formula is C26H28N6O4S. The quantitative estimate of drug-likeness (QED) is 0.387. The molecule has 1 amide bonds. The number of anilines is 3. The molecule has 0 unspecified atom stereocenters. The van der Waals surface area contributed by atoms with E-state index in [2.05, 4.69) is 30.1 Å². The zero-order valence-corrected chi connectivity index (χ0v) is 22.0. The maximum atomic E-state index is 13.4. The Hall–Kier alpha value is -4.12. The van der Waals surface area contributed by atoms with Crippen molar-refractivity contribution in [2.75, 3.05) is 62.6 Å². The van der Waals surface area contributed by atoms with Crippen molar-refractivity contribution in [3.05, 3.63) is 53.3 Å². The fraction of sp³-hybridized carbons (Fsp3) is 0.308. The number of aryl methyl sites for hydroxylation is 1. The van der Waals surface area contributed by atoms with Crippen molar-refractivity contribution in [3.8, 4) is 17.2 Å². The van der Waals surface area contributed by atoms with Crippen molar-refractivity contribution in [3.63, 3.8) is 0 Å². The van der Waals surface area contributed by atoms with Crippen molar-refractivity contribution in [1.29, 1.82) is 0 Å². The lowest BCUT2D eigenvalue weighted by Crippen LogP contribution is -2.47. The average Bonchev–Trinajstić information content (AvgIpc) is 3.29. The van der Waals surface area contributed by atoms with Gasteiger partial charge in [-0.15, -0.1) is 11.3 Å². The number of benzene rings is 1. The first-order valence-corrected chi connectivity index (χ1v) is 12.6. The third kappa shape index (κ3) is 4.69. The summed E-state index contributed by atoms with van der Waals surface area (Å²) in [6.45, 7) is 5.20. The summed E-state index contributed by atoms with van der Waals surface area (Å²) in [6.07, 6.45) is 3.38. The lowest BCUT2D eigenvalue weighted by atomic mass is 10.1. The maximum absolute atomic E-state index is 13.4. The summed E-state index contributed by atoms with van der Waals surface area (Å²) in [7, 11) is 4.61. The molecule has 0 radical (unpaired) electrons. The van der Waals surface area contributed by atoms with Gasteiger partial charge in [0.15, 0.2) is 11.5 Å². The first-order valence-electron chi connectivity index (χ1n) is 11.8. The van der Waals surface area contributed by atoms with E-state index in [1.165, 1.54) is 32.7 Å². The van der Waals surface area contributed by atoms with Crippen molar-refractivity contribution in [2.24, 2.45) is 0 Å². The number of hydrogen-bond acceptors (Lipinski definition) is 10. The van der Waals surface area contributed by atoms with Crippen LogP contribution in [-0.4, -0.2) is 68.4 Å². The van der Waals surface area contributed by atoms with E-state index >= 15 is 0 Å². The number of ether oxygens (including phenoxy) is 3. The number of amides is 1. The van der Waals surface area contributed by atoms with Crippen LogP contribution in [0.2, 0.25) is 0 Å². The summed E-state index contributed by atoms with van der Waals surface area (Å²) in [4.78, 5) is 32.8. The van der Waals surface area contributed by atoms with Crippen LogP contribution < -0.4 is 29.3 Å². The summed E-state index contributed by atoms with van der Waals surface area (Å²) in [5.74, 6) is 2.98. The smallest absolute Gasteiger partial charge is 0.266 e. The second-order valence-corrected chi connectivity index (χ2v) is 9.46. The molecule has 1 aliphatic heterocycles. The van der Waals surface area contributed by atoms with E-state index in [-0.39, 0.29) is 5.91 Å². The molecule has 11 heteroatoms. The van der Waals surface area contributed by atoms with Gasteiger partial charge in [0.25, 0.3) is 5.91 Å². The third-order valence-electron chi connectivity index (χ3n) is 6.39. The normalized spacial score (nSPS) is 13.5. The number of piperazine rings is 1.